The van der Waals surface area contributed by atoms with Crippen LogP contribution in [0.5, 0.6) is 0 Å². The Labute approximate surface area is 161 Å². The molecule has 8 heteroatoms. The number of hydrogen-bond donors (Lipinski definition) is 0. The minimum absolute atomic E-state index is 0.000379. The van der Waals surface area contributed by atoms with Crippen LogP contribution in [-0.4, -0.2) is 47.2 Å². The summed E-state index contributed by atoms with van der Waals surface area (Å²) in [5, 5.41) is 18.5. The van der Waals surface area contributed by atoms with Crippen molar-refractivity contribution in [1.82, 2.24) is 9.91 Å². The molecule has 0 atom stereocenters. The first-order chi connectivity index (χ1) is 12.5. The summed E-state index contributed by atoms with van der Waals surface area (Å²) in [6.07, 6.45) is 1.58. The van der Waals surface area contributed by atoms with Gasteiger partial charge in [-0.15, -0.1) is 0 Å². The van der Waals surface area contributed by atoms with Gasteiger partial charge in [0.25, 0.3) is 5.69 Å². The molecular formula is C18H18Cl2N4O2. The van der Waals surface area contributed by atoms with Gasteiger partial charge in [-0.05, 0) is 17.7 Å². The molecule has 0 amide bonds. The zero-order valence-electron chi connectivity index (χ0n) is 14.0. The fourth-order valence-electron chi connectivity index (χ4n) is 2.77. The van der Waals surface area contributed by atoms with Gasteiger partial charge >= 0.3 is 0 Å². The van der Waals surface area contributed by atoms with E-state index >= 15 is 0 Å². The van der Waals surface area contributed by atoms with Gasteiger partial charge in [-0.25, -0.2) is 0 Å². The van der Waals surface area contributed by atoms with Crippen molar-refractivity contribution in [3.05, 3.63) is 73.8 Å². The normalized spacial score (nSPS) is 15.5. The van der Waals surface area contributed by atoms with Gasteiger partial charge in [0.15, 0.2) is 0 Å². The summed E-state index contributed by atoms with van der Waals surface area (Å²) in [5.74, 6) is 0. The molecule has 26 heavy (non-hydrogen) atoms. The van der Waals surface area contributed by atoms with Gasteiger partial charge in [-0.3, -0.25) is 20.0 Å². The standard InChI is InChI=1S/C18H18Cl2N4O2/c19-17-4-2-1-3-14(17)13-22-7-9-23(10-8-22)21-12-15-11-16(24(25)26)5-6-18(15)20/h1-6,11-12H,7-10,13H2/b21-12-. The van der Waals surface area contributed by atoms with Crippen LogP contribution in [-0.2, 0) is 6.54 Å². The van der Waals surface area contributed by atoms with Crippen molar-refractivity contribution in [2.75, 3.05) is 26.2 Å². The smallest absolute Gasteiger partial charge is 0.270 e. The highest BCUT2D eigenvalue weighted by molar-refractivity contribution is 6.33. The largest absolute Gasteiger partial charge is 0.295 e. The Bertz CT molecular complexity index is 821. The van der Waals surface area contributed by atoms with E-state index in [9.17, 15) is 10.1 Å². The molecule has 1 aliphatic heterocycles. The number of nitro benzene ring substituents is 1. The number of non-ortho nitro benzene ring substituents is 1. The van der Waals surface area contributed by atoms with Crippen LogP contribution in [0.1, 0.15) is 11.1 Å². The van der Waals surface area contributed by atoms with Gasteiger partial charge < -0.3 is 0 Å². The molecule has 2 aromatic carbocycles. The van der Waals surface area contributed by atoms with E-state index in [0.717, 1.165) is 43.3 Å². The zero-order chi connectivity index (χ0) is 18.5. The average molecular weight is 393 g/mol. The maximum atomic E-state index is 10.9. The van der Waals surface area contributed by atoms with E-state index in [4.69, 9.17) is 23.2 Å². The van der Waals surface area contributed by atoms with E-state index in [0.29, 0.717) is 10.6 Å². The van der Waals surface area contributed by atoms with E-state index in [1.807, 2.05) is 29.3 Å². The van der Waals surface area contributed by atoms with E-state index in [1.165, 1.54) is 18.2 Å². The van der Waals surface area contributed by atoms with Gasteiger partial charge in [0.1, 0.15) is 0 Å². The van der Waals surface area contributed by atoms with Crippen molar-refractivity contribution < 1.29 is 4.92 Å². The van der Waals surface area contributed by atoms with E-state index in [1.54, 1.807) is 6.21 Å². The van der Waals surface area contributed by atoms with Crippen LogP contribution in [0.15, 0.2) is 47.6 Å². The number of nitro groups is 1. The predicted molar refractivity (Wildman–Crippen MR) is 104 cm³/mol. The monoisotopic (exact) mass is 392 g/mol. The molecule has 2 aromatic rings. The summed E-state index contributed by atoms with van der Waals surface area (Å²) in [6, 6.07) is 12.2. The minimum atomic E-state index is -0.443. The molecule has 0 unspecified atom stereocenters. The molecule has 0 aromatic heterocycles. The maximum Gasteiger partial charge on any atom is 0.270 e. The number of piperazine rings is 1. The third-order valence-corrected chi connectivity index (χ3v) is 4.96. The molecule has 0 saturated carbocycles. The summed E-state index contributed by atoms with van der Waals surface area (Å²) < 4.78 is 0. The molecule has 3 rings (SSSR count). The summed E-state index contributed by atoms with van der Waals surface area (Å²) in [7, 11) is 0. The highest BCUT2D eigenvalue weighted by Gasteiger charge is 2.16. The number of rotatable bonds is 5. The Balaban J connectivity index is 1.57. The average Bonchev–Trinajstić information content (AvgIpc) is 2.64. The lowest BCUT2D eigenvalue weighted by Crippen LogP contribution is -2.43. The molecule has 1 aliphatic rings. The van der Waals surface area contributed by atoms with Crippen LogP contribution in [0.3, 0.4) is 0 Å². The number of hydrazone groups is 1. The van der Waals surface area contributed by atoms with Crippen molar-refractivity contribution in [2.45, 2.75) is 6.54 Å². The van der Waals surface area contributed by atoms with E-state index < -0.39 is 4.92 Å². The van der Waals surface area contributed by atoms with E-state index in [2.05, 4.69) is 10.0 Å². The third kappa shape index (κ3) is 4.72. The summed E-state index contributed by atoms with van der Waals surface area (Å²) in [5.41, 5.74) is 1.66. The molecule has 6 nitrogen and oxygen atoms in total. The number of nitrogens with zero attached hydrogens (tertiary/aromatic N) is 4. The maximum absolute atomic E-state index is 10.9. The Kier molecular flexibility index (Phi) is 6.08. The number of hydrogen-bond acceptors (Lipinski definition) is 5. The lowest BCUT2D eigenvalue weighted by atomic mass is 10.2. The molecular weight excluding hydrogens is 375 g/mol. The van der Waals surface area contributed by atoms with Crippen molar-refractivity contribution >= 4 is 35.1 Å². The first-order valence-electron chi connectivity index (χ1n) is 8.21. The molecule has 136 valence electrons. The van der Waals surface area contributed by atoms with Crippen LogP contribution in [0.25, 0.3) is 0 Å². The summed E-state index contributed by atoms with van der Waals surface area (Å²) in [6.45, 7) is 4.09. The van der Waals surface area contributed by atoms with Crippen LogP contribution in [0.2, 0.25) is 10.0 Å². The van der Waals surface area contributed by atoms with Crippen LogP contribution in [0, 0.1) is 10.1 Å². The highest BCUT2D eigenvalue weighted by Crippen LogP contribution is 2.21. The Morgan fingerprint density at radius 1 is 1.08 bits per heavy atom. The lowest BCUT2D eigenvalue weighted by Gasteiger charge is -2.33. The molecule has 0 spiro atoms. The Morgan fingerprint density at radius 3 is 2.50 bits per heavy atom. The molecule has 1 saturated heterocycles. The van der Waals surface area contributed by atoms with Gasteiger partial charge in [-0.2, -0.15) is 5.10 Å². The van der Waals surface area contributed by atoms with Crippen molar-refractivity contribution in [2.24, 2.45) is 5.10 Å². The second kappa shape index (κ2) is 8.49. The summed E-state index contributed by atoms with van der Waals surface area (Å²) in [4.78, 5) is 12.8. The third-order valence-electron chi connectivity index (χ3n) is 4.25. The number of halogens is 2. The van der Waals surface area contributed by atoms with Crippen LogP contribution >= 0.6 is 23.2 Å². The van der Waals surface area contributed by atoms with Gasteiger partial charge in [0.05, 0.1) is 11.1 Å². The van der Waals surface area contributed by atoms with Crippen molar-refractivity contribution in [1.29, 1.82) is 0 Å². The Hall–Kier alpha value is -2.15. The highest BCUT2D eigenvalue weighted by atomic mass is 35.5. The molecule has 0 radical (unpaired) electrons. The molecule has 1 fully saturated rings. The molecule has 1 heterocycles. The Morgan fingerprint density at radius 2 is 1.81 bits per heavy atom. The van der Waals surface area contributed by atoms with Gasteiger partial charge in [0, 0.05) is 60.5 Å². The molecule has 0 N–H and O–H groups in total. The fourth-order valence-corrected chi connectivity index (χ4v) is 3.13. The van der Waals surface area contributed by atoms with Crippen LogP contribution in [0.4, 0.5) is 5.69 Å². The predicted octanol–water partition coefficient (Wildman–Crippen LogP) is 4.05. The lowest BCUT2D eigenvalue weighted by molar-refractivity contribution is -0.384. The first kappa shape index (κ1) is 18.6. The fraction of sp³-hybridized carbons (Fsp3) is 0.278. The summed E-state index contributed by atoms with van der Waals surface area (Å²) >= 11 is 12.3. The molecule has 0 bridgehead atoms. The van der Waals surface area contributed by atoms with Gasteiger partial charge in [0.2, 0.25) is 0 Å². The zero-order valence-corrected chi connectivity index (χ0v) is 15.5. The quantitative estimate of drug-likeness (QED) is 0.437. The van der Waals surface area contributed by atoms with Crippen LogP contribution < -0.4 is 0 Å². The van der Waals surface area contributed by atoms with Gasteiger partial charge in [-0.1, -0.05) is 41.4 Å². The topological polar surface area (TPSA) is 62.0 Å². The first-order valence-corrected chi connectivity index (χ1v) is 8.97. The van der Waals surface area contributed by atoms with Crippen molar-refractivity contribution in [3.8, 4) is 0 Å². The minimum Gasteiger partial charge on any atom is -0.295 e. The second-order valence-electron chi connectivity index (χ2n) is 6.03. The number of benzene rings is 2. The SMILES string of the molecule is O=[N+]([O-])c1ccc(Cl)c(/C=N\N2CCN(Cc3ccccc3Cl)CC2)c1. The molecule has 0 aliphatic carbocycles. The van der Waals surface area contributed by atoms with E-state index in [-0.39, 0.29) is 5.69 Å². The second-order valence-corrected chi connectivity index (χ2v) is 6.84. The van der Waals surface area contributed by atoms with Crippen molar-refractivity contribution in [3.63, 3.8) is 0 Å².